The quantitative estimate of drug-likeness (QED) is 0.587. The highest BCUT2D eigenvalue weighted by molar-refractivity contribution is 7.16. The van der Waals surface area contributed by atoms with Gasteiger partial charge in [0.25, 0.3) is 0 Å². The first kappa shape index (κ1) is 21.8. The van der Waals surface area contributed by atoms with E-state index in [1.807, 2.05) is 16.2 Å². The van der Waals surface area contributed by atoms with Crippen molar-refractivity contribution in [2.24, 2.45) is 5.92 Å². The van der Waals surface area contributed by atoms with E-state index in [0.717, 1.165) is 37.7 Å². The minimum absolute atomic E-state index is 0.0386. The third kappa shape index (κ3) is 4.18. The van der Waals surface area contributed by atoms with Crippen molar-refractivity contribution in [1.82, 2.24) is 15.1 Å². The second-order valence-electron chi connectivity index (χ2n) is 8.12. The summed E-state index contributed by atoms with van der Waals surface area (Å²) in [7, 11) is 0. The summed E-state index contributed by atoms with van der Waals surface area (Å²) in [6.07, 6.45) is 4.94. The molecule has 0 spiro atoms. The topological polar surface area (TPSA) is 38.8 Å². The predicted molar refractivity (Wildman–Crippen MR) is 124 cm³/mol. The molecule has 2 amide bonds. The predicted octanol–water partition coefficient (Wildman–Crippen LogP) is 5.38. The van der Waals surface area contributed by atoms with Gasteiger partial charge < -0.3 is 20.0 Å². The molecule has 6 heteroatoms. The molecule has 0 radical (unpaired) electrons. The molecule has 1 N–H and O–H groups in total. The van der Waals surface area contributed by atoms with Crippen LogP contribution >= 0.6 is 11.3 Å². The Morgan fingerprint density at radius 1 is 1.21 bits per heavy atom. The monoisotopic (exact) mass is 416 g/mol. The lowest BCUT2D eigenvalue weighted by Gasteiger charge is -2.42. The minimum Gasteiger partial charge on any atom is -0.336 e. The van der Waals surface area contributed by atoms with Crippen LogP contribution in [0, 0.1) is 12.8 Å². The molecular formula is C23H36N4OS. The van der Waals surface area contributed by atoms with Gasteiger partial charge in [-0.05, 0) is 31.7 Å². The van der Waals surface area contributed by atoms with Gasteiger partial charge in [-0.15, -0.1) is 11.3 Å². The van der Waals surface area contributed by atoms with Crippen molar-refractivity contribution in [2.75, 3.05) is 31.1 Å². The van der Waals surface area contributed by atoms with E-state index in [1.165, 1.54) is 46.7 Å². The Morgan fingerprint density at radius 3 is 2.55 bits per heavy atom. The molecule has 0 aromatic carbocycles. The maximum absolute atomic E-state index is 12.1. The summed E-state index contributed by atoms with van der Waals surface area (Å²) in [4.78, 5) is 19.9. The zero-order valence-corrected chi connectivity index (χ0v) is 19.3. The number of anilines is 1. The Balaban J connectivity index is 1.95. The van der Waals surface area contributed by atoms with Gasteiger partial charge in [-0.3, -0.25) is 0 Å². The number of thiophene rings is 1. The summed E-state index contributed by atoms with van der Waals surface area (Å²) < 4.78 is 0. The van der Waals surface area contributed by atoms with Crippen molar-refractivity contribution in [3.63, 3.8) is 0 Å². The number of urea groups is 1. The Labute approximate surface area is 180 Å². The molecule has 0 aliphatic carbocycles. The van der Waals surface area contributed by atoms with E-state index in [2.05, 4.69) is 56.0 Å². The minimum atomic E-state index is 0.0386. The molecule has 2 aliphatic rings. The maximum atomic E-state index is 12.1. The molecule has 1 saturated heterocycles. The van der Waals surface area contributed by atoms with E-state index in [-0.39, 0.29) is 6.03 Å². The van der Waals surface area contributed by atoms with Gasteiger partial charge in [0.1, 0.15) is 10.8 Å². The third-order valence-electron chi connectivity index (χ3n) is 6.29. The average Bonchev–Trinajstić information content (AvgIpc) is 3.25. The Hall–Kier alpha value is -1.95. The fourth-order valence-corrected chi connectivity index (χ4v) is 5.72. The van der Waals surface area contributed by atoms with Crippen LogP contribution in [0.4, 0.5) is 9.80 Å². The highest BCUT2D eigenvalue weighted by Gasteiger charge is 2.34. The summed E-state index contributed by atoms with van der Waals surface area (Å²) >= 11 is 1.81. The van der Waals surface area contributed by atoms with E-state index >= 15 is 0 Å². The first-order chi connectivity index (χ1) is 13.9. The van der Waals surface area contributed by atoms with E-state index in [9.17, 15) is 4.79 Å². The molecule has 29 heavy (non-hydrogen) atoms. The molecule has 2 aliphatic heterocycles. The molecule has 3 rings (SSSR count). The lowest BCUT2D eigenvalue weighted by atomic mass is 9.97. The molecular weight excluding hydrogens is 380 g/mol. The summed E-state index contributed by atoms with van der Waals surface area (Å²) in [6.45, 7) is 21.8. The fourth-order valence-electron chi connectivity index (χ4n) is 4.35. The van der Waals surface area contributed by atoms with Crippen molar-refractivity contribution in [3.05, 3.63) is 35.0 Å². The number of carbonyl (C=O) groups is 1. The van der Waals surface area contributed by atoms with Gasteiger partial charge in [0.05, 0.1) is 6.54 Å². The van der Waals surface area contributed by atoms with Crippen molar-refractivity contribution in [1.29, 1.82) is 0 Å². The highest BCUT2D eigenvalue weighted by Crippen LogP contribution is 2.47. The lowest BCUT2D eigenvalue weighted by molar-refractivity contribution is 0.216. The number of nitrogens with one attached hydrogen (secondary N) is 1. The second kappa shape index (κ2) is 9.24. The van der Waals surface area contributed by atoms with Gasteiger partial charge in [-0.2, -0.15) is 0 Å². The van der Waals surface area contributed by atoms with Crippen LogP contribution in [-0.4, -0.2) is 42.0 Å². The number of nitrogens with zero attached hydrogens (tertiary/aromatic N) is 3. The molecule has 5 nitrogen and oxygen atoms in total. The average molecular weight is 417 g/mol. The largest absolute Gasteiger partial charge is 0.336 e. The van der Waals surface area contributed by atoms with E-state index in [0.29, 0.717) is 12.5 Å². The maximum Gasteiger partial charge on any atom is 0.317 e. The van der Waals surface area contributed by atoms with Crippen LogP contribution in [0.5, 0.6) is 0 Å². The highest BCUT2D eigenvalue weighted by atomic mass is 32.1. The van der Waals surface area contributed by atoms with Crippen LogP contribution < -0.4 is 10.2 Å². The Kier molecular flexibility index (Phi) is 6.93. The molecule has 160 valence electrons. The first-order valence-corrected chi connectivity index (χ1v) is 11.8. The van der Waals surface area contributed by atoms with Crippen LogP contribution in [0.2, 0.25) is 0 Å². The number of rotatable bonds is 9. The van der Waals surface area contributed by atoms with Gasteiger partial charge in [0.15, 0.2) is 0 Å². The molecule has 0 saturated carbocycles. The number of hydrogen-bond donors (Lipinski definition) is 1. The summed E-state index contributed by atoms with van der Waals surface area (Å²) in [5, 5.41) is 4.16. The van der Waals surface area contributed by atoms with Crippen LogP contribution in [0.3, 0.4) is 0 Å². The van der Waals surface area contributed by atoms with Crippen molar-refractivity contribution in [3.8, 4) is 0 Å². The van der Waals surface area contributed by atoms with Crippen LogP contribution in [0.15, 0.2) is 19.0 Å². The summed E-state index contributed by atoms with van der Waals surface area (Å²) in [5.74, 6) is 1.69. The number of hydrogen-bond acceptors (Lipinski definition) is 4. The van der Waals surface area contributed by atoms with Gasteiger partial charge >= 0.3 is 6.03 Å². The standard InChI is InChI=1S/C23H36N4OS/c1-7-10-11-19(8-2)14-27-18(6)26(9-3)17(5)21-16(4)20(29-22(21)27)15-25-13-12-24-23(25)28/h19H,5-15H2,1-4H3,(H,24,28). The first-order valence-electron chi connectivity index (χ1n) is 11.0. The van der Waals surface area contributed by atoms with Crippen molar-refractivity contribution < 1.29 is 4.79 Å². The number of amides is 2. The van der Waals surface area contributed by atoms with Crippen molar-refractivity contribution >= 4 is 28.1 Å². The smallest absolute Gasteiger partial charge is 0.317 e. The van der Waals surface area contributed by atoms with E-state index in [1.54, 1.807) is 0 Å². The molecule has 1 atom stereocenters. The summed E-state index contributed by atoms with van der Waals surface area (Å²) in [6, 6.07) is 0.0386. The zero-order chi connectivity index (χ0) is 21.1. The van der Waals surface area contributed by atoms with Crippen molar-refractivity contribution in [2.45, 2.75) is 59.9 Å². The van der Waals surface area contributed by atoms with Gasteiger partial charge in [0.2, 0.25) is 0 Å². The van der Waals surface area contributed by atoms with Gasteiger partial charge in [-0.1, -0.05) is 46.3 Å². The Bertz CT molecular complexity index is 784. The van der Waals surface area contributed by atoms with Crippen LogP contribution in [0.1, 0.15) is 62.5 Å². The number of unbranched alkanes of at least 4 members (excludes halogenated alkanes) is 1. The van der Waals surface area contributed by atoms with Crippen LogP contribution in [0.25, 0.3) is 5.70 Å². The molecule has 1 aromatic rings. The molecule has 1 fully saturated rings. The SMILES string of the molecule is C=C1c2c(sc(CN3CCNC3=O)c2C)N(CC(CC)CCCC)C(=C)N1CC. The molecule has 0 bridgehead atoms. The van der Waals surface area contributed by atoms with Gasteiger partial charge in [0, 0.05) is 42.3 Å². The van der Waals surface area contributed by atoms with E-state index in [4.69, 9.17) is 0 Å². The number of fused-ring (bicyclic) bond motifs is 1. The third-order valence-corrected chi connectivity index (χ3v) is 7.59. The normalized spacial score (nSPS) is 17.8. The second-order valence-corrected chi connectivity index (χ2v) is 9.20. The molecule has 1 unspecified atom stereocenters. The fraction of sp³-hybridized carbons (Fsp3) is 0.609. The Morgan fingerprint density at radius 2 is 1.97 bits per heavy atom. The lowest BCUT2D eigenvalue weighted by Crippen LogP contribution is -2.40. The zero-order valence-electron chi connectivity index (χ0n) is 18.5. The molecule has 3 heterocycles. The summed E-state index contributed by atoms with van der Waals surface area (Å²) in [5.41, 5.74) is 3.53. The van der Waals surface area contributed by atoms with Gasteiger partial charge in [-0.25, -0.2) is 4.79 Å². The van der Waals surface area contributed by atoms with Crippen LogP contribution in [-0.2, 0) is 6.54 Å². The molecule has 1 aromatic heterocycles. The number of carbonyl (C=O) groups excluding carboxylic acids is 1. The van der Waals surface area contributed by atoms with E-state index < -0.39 is 0 Å².